The summed E-state index contributed by atoms with van der Waals surface area (Å²) in [5.74, 6) is -0.996. The molecule has 3 rings (SSSR count). The van der Waals surface area contributed by atoms with Crippen molar-refractivity contribution < 1.29 is 9.90 Å². The van der Waals surface area contributed by atoms with Crippen LogP contribution in [0.3, 0.4) is 0 Å². The van der Waals surface area contributed by atoms with Gasteiger partial charge < -0.3 is 5.11 Å². The molecule has 0 amide bonds. The zero-order valence-electron chi connectivity index (χ0n) is 10.0. The zero-order chi connectivity index (χ0) is 14.3. The van der Waals surface area contributed by atoms with Crippen molar-refractivity contribution in [3.8, 4) is 11.3 Å². The number of benzene rings is 2. The maximum atomic E-state index is 11.1. The topological polar surface area (TPSA) is 66.0 Å². The van der Waals surface area contributed by atoms with Crippen LogP contribution >= 0.6 is 23.2 Å². The Bertz CT molecular complexity index is 807. The Kier molecular flexibility index (Phi) is 3.12. The minimum absolute atomic E-state index is 0.184. The van der Waals surface area contributed by atoms with Crippen molar-refractivity contribution >= 4 is 40.1 Å². The number of hydrogen-bond donors (Lipinski definition) is 2. The fraction of sp³-hybridized carbons (Fsp3) is 0. The molecule has 1 aromatic heterocycles. The number of fused-ring (bicyclic) bond motifs is 1. The van der Waals surface area contributed by atoms with E-state index in [0.717, 1.165) is 5.52 Å². The first kappa shape index (κ1) is 13.0. The van der Waals surface area contributed by atoms with Crippen molar-refractivity contribution in [2.24, 2.45) is 0 Å². The van der Waals surface area contributed by atoms with Gasteiger partial charge in [-0.25, -0.2) is 4.79 Å². The zero-order valence-corrected chi connectivity index (χ0v) is 11.5. The van der Waals surface area contributed by atoms with Crippen LogP contribution in [0.1, 0.15) is 10.4 Å². The molecular weight excluding hydrogens is 299 g/mol. The lowest BCUT2D eigenvalue weighted by Crippen LogP contribution is -1.95. The van der Waals surface area contributed by atoms with Crippen molar-refractivity contribution in [3.63, 3.8) is 0 Å². The second kappa shape index (κ2) is 4.81. The van der Waals surface area contributed by atoms with E-state index in [0.29, 0.717) is 26.7 Å². The minimum atomic E-state index is -0.996. The van der Waals surface area contributed by atoms with E-state index in [-0.39, 0.29) is 5.56 Å². The molecule has 20 heavy (non-hydrogen) atoms. The third kappa shape index (κ3) is 2.03. The maximum Gasteiger partial charge on any atom is 0.335 e. The van der Waals surface area contributed by atoms with E-state index in [1.165, 1.54) is 6.07 Å². The molecule has 100 valence electrons. The predicted octanol–water partition coefficient (Wildman–Crippen LogP) is 4.23. The highest BCUT2D eigenvalue weighted by Gasteiger charge is 2.16. The van der Waals surface area contributed by atoms with Crippen LogP contribution in [0.2, 0.25) is 10.0 Å². The molecule has 0 spiro atoms. The van der Waals surface area contributed by atoms with E-state index in [9.17, 15) is 4.79 Å². The van der Waals surface area contributed by atoms with E-state index in [1.807, 2.05) is 0 Å². The number of H-pyrrole nitrogens is 1. The van der Waals surface area contributed by atoms with Crippen LogP contribution in [-0.4, -0.2) is 21.3 Å². The lowest BCUT2D eigenvalue weighted by molar-refractivity contribution is 0.0697. The monoisotopic (exact) mass is 306 g/mol. The highest BCUT2D eigenvalue weighted by molar-refractivity contribution is 6.39. The molecule has 0 saturated carbocycles. The number of aromatic amines is 1. The molecule has 6 heteroatoms. The summed E-state index contributed by atoms with van der Waals surface area (Å²) in [4.78, 5) is 11.1. The van der Waals surface area contributed by atoms with E-state index in [1.54, 1.807) is 30.3 Å². The lowest BCUT2D eigenvalue weighted by Gasteiger charge is -2.04. The molecule has 2 N–H and O–H groups in total. The van der Waals surface area contributed by atoms with Gasteiger partial charge in [-0.15, -0.1) is 0 Å². The van der Waals surface area contributed by atoms with E-state index >= 15 is 0 Å². The smallest absolute Gasteiger partial charge is 0.335 e. The standard InChI is InChI=1S/C14H8Cl2N2O2/c15-9-2-1-3-10(16)12(9)13-8-6-7(14(19)20)4-5-11(8)17-18-13/h1-6H,(H,17,18)(H,19,20). The summed E-state index contributed by atoms with van der Waals surface area (Å²) in [7, 11) is 0. The number of nitrogens with zero attached hydrogens (tertiary/aromatic N) is 1. The van der Waals surface area contributed by atoms with E-state index in [2.05, 4.69) is 10.2 Å². The van der Waals surface area contributed by atoms with Crippen molar-refractivity contribution in [3.05, 3.63) is 52.0 Å². The van der Waals surface area contributed by atoms with Gasteiger partial charge in [0, 0.05) is 10.9 Å². The second-order valence-corrected chi connectivity index (χ2v) is 5.05. The fourth-order valence-corrected chi connectivity index (χ4v) is 2.64. The molecule has 0 fully saturated rings. The molecule has 3 aromatic rings. The quantitative estimate of drug-likeness (QED) is 0.744. The van der Waals surface area contributed by atoms with E-state index in [4.69, 9.17) is 28.3 Å². The summed E-state index contributed by atoms with van der Waals surface area (Å²) in [6.07, 6.45) is 0. The third-order valence-electron chi connectivity index (χ3n) is 3.01. The van der Waals surface area contributed by atoms with Crippen molar-refractivity contribution in [1.82, 2.24) is 10.2 Å². The van der Waals surface area contributed by atoms with Crippen LogP contribution in [0.5, 0.6) is 0 Å². The second-order valence-electron chi connectivity index (χ2n) is 4.23. The number of aromatic nitrogens is 2. The molecule has 0 aliphatic rings. The van der Waals surface area contributed by atoms with Gasteiger partial charge in [0.25, 0.3) is 0 Å². The summed E-state index contributed by atoms with van der Waals surface area (Å²) in [5, 5.41) is 17.7. The Morgan fingerprint density at radius 3 is 2.50 bits per heavy atom. The van der Waals surface area contributed by atoms with Gasteiger partial charge in [0.05, 0.1) is 21.1 Å². The summed E-state index contributed by atoms with van der Waals surface area (Å²) in [5.41, 5.74) is 2.03. The minimum Gasteiger partial charge on any atom is -0.478 e. The number of carboxylic acids is 1. The van der Waals surface area contributed by atoms with Crippen LogP contribution in [0.15, 0.2) is 36.4 Å². The molecule has 0 saturated heterocycles. The summed E-state index contributed by atoms with van der Waals surface area (Å²) >= 11 is 12.3. The molecule has 0 unspecified atom stereocenters. The highest BCUT2D eigenvalue weighted by Crippen LogP contribution is 2.37. The number of rotatable bonds is 2. The average molecular weight is 307 g/mol. The van der Waals surface area contributed by atoms with Gasteiger partial charge in [-0.05, 0) is 30.3 Å². The van der Waals surface area contributed by atoms with E-state index < -0.39 is 5.97 Å². The SMILES string of the molecule is O=C(O)c1ccc2[nH]nc(-c3c(Cl)cccc3Cl)c2c1. The highest BCUT2D eigenvalue weighted by atomic mass is 35.5. The molecule has 0 bridgehead atoms. The summed E-state index contributed by atoms with van der Waals surface area (Å²) in [6.45, 7) is 0. The van der Waals surface area contributed by atoms with Gasteiger partial charge in [0.1, 0.15) is 5.69 Å². The Hall–Kier alpha value is -2.04. The predicted molar refractivity (Wildman–Crippen MR) is 78.5 cm³/mol. The first-order valence-corrected chi connectivity index (χ1v) is 6.49. The van der Waals surface area contributed by atoms with Crippen molar-refractivity contribution in [2.75, 3.05) is 0 Å². The first-order valence-electron chi connectivity index (χ1n) is 5.73. The fourth-order valence-electron chi connectivity index (χ4n) is 2.06. The molecule has 0 atom stereocenters. The Labute approximate surface area is 123 Å². The van der Waals surface area contributed by atoms with Crippen LogP contribution in [0, 0.1) is 0 Å². The molecule has 0 aliphatic heterocycles. The summed E-state index contributed by atoms with van der Waals surface area (Å²) in [6, 6.07) is 9.90. The molecular formula is C14H8Cl2N2O2. The number of aromatic carboxylic acids is 1. The van der Waals surface area contributed by atoms with Gasteiger partial charge in [-0.2, -0.15) is 5.10 Å². The van der Waals surface area contributed by atoms with Crippen molar-refractivity contribution in [2.45, 2.75) is 0 Å². The normalized spacial score (nSPS) is 10.9. The lowest BCUT2D eigenvalue weighted by atomic mass is 10.1. The molecule has 0 aliphatic carbocycles. The Morgan fingerprint density at radius 2 is 1.85 bits per heavy atom. The molecule has 0 radical (unpaired) electrons. The number of hydrogen-bond acceptors (Lipinski definition) is 2. The maximum absolute atomic E-state index is 11.1. The Morgan fingerprint density at radius 1 is 1.15 bits per heavy atom. The Balaban J connectivity index is 2.31. The number of carboxylic acid groups (broad SMARTS) is 1. The average Bonchev–Trinajstić information content (AvgIpc) is 2.81. The first-order chi connectivity index (χ1) is 9.58. The van der Waals surface area contributed by atoms with Crippen molar-refractivity contribution in [1.29, 1.82) is 0 Å². The molecule has 1 heterocycles. The van der Waals surface area contributed by atoms with Gasteiger partial charge in [0.15, 0.2) is 0 Å². The van der Waals surface area contributed by atoms with Gasteiger partial charge in [-0.3, -0.25) is 5.10 Å². The van der Waals surface area contributed by atoms with Crippen LogP contribution in [0.25, 0.3) is 22.2 Å². The van der Waals surface area contributed by atoms with Gasteiger partial charge in [-0.1, -0.05) is 29.3 Å². The van der Waals surface area contributed by atoms with Gasteiger partial charge in [0.2, 0.25) is 0 Å². The number of nitrogens with one attached hydrogen (secondary N) is 1. The largest absolute Gasteiger partial charge is 0.478 e. The third-order valence-corrected chi connectivity index (χ3v) is 3.64. The molecule has 4 nitrogen and oxygen atoms in total. The number of halogens is 2. The summed E-state index contributed by atoms with van der Waals surface area (Å²) < 4.78 is 0. The van der Waals surface area contributed by atoms with Crippen LogP contribution in [0.4, 0.5) is 0 Å². The van der Waals surface area contributed by atoms with Gasteiger partial charge >= 0.3 is 5.97 Å². The molecule has 2 aromatic carbocycles. The van der Waals surface area contributed by atoms with Crippen LogP contribution in [-0.2, 0) is 0 Å². The van der Waals surface area contributed by atoms with Crippen LogP contribution < -0.4 is 0 Å². The number of carbonyl (C=O) groups is 1.